The zero-order valence-corrected chi connectivity index (χ0v) is 28.1. The van der Waals surface area contributed by atoms with Gasteiger partial charge in [-0.15, -0.1) is 0 Å². The third-order valence-corrected chi connectivity index (χ3v) is 7.54. The summed E-state index contributed by atoms with van der Waals surface area (Å²) in [5, 5.41) is 29.2. The monoisotopic (exact) mass is 724 g/mol. The number of hydrogen-bond acceptors (Lipinski definition) is 14. The molecule has 1 aliphatic carbocycles. The number of carbonyl (C=O) groups is 3. The van der Waals surface area contributed by atoms with Gasteiger partial charge in [-0.25, -0.2) is 24.5 Å². The molecule has 5 N–H and O–H groups in total. The Balaban J connectivity index is 0.00000105. The minimum Gasteiger partial charge on any atom is -0.444 e. The van der Waals surface area contributed by atoms with E-state index in [-0.39, 0.29) is 11.3 Å². The summed E-state index contributed by atoms with van der Waals surface area (Å²) in [6, 6.07) is 4.73. The van der Waals surface area contributed by atoms with Gasteiger partial charge in [0, 0.05) is 11.1 Å². The summed E-state index contributed by atoms with van der Waals surface area (Å²) in [7, 11) is -4.78. The van der Waals surface area contributed by atoms with E-state index in [9.17, 15) is 36.7 Å². The number of benzene rings is 1. The molecule has 2 amide bonds. The predicted octanol–water partition coefficient (Wildman–Crippen LogP) is 1.66. The van der Waals surface area contributed by atoms with Crippen LogP contribution in [0.2, 0.25) is 0 Å². The van der Waals surface area contributed by atoms with Crippen LogP contribution >= 0.6 is 0 Å². The highest BCUT2D eigenvalue weighted by Crippen LogP contribution is 2.47. The fraction of sp³-hybridized carbons (Fsp3) is 0.467. The average Bonchev–Trinajstić information content (AvgIpc) is 3.67. The van der Waals surface area contributed by atoms with Gasteiger partial charge in [0.2, 0.25) is 11.4 Å². The highest BCUT2D eigenvalue weighted by molar-refractivity contribution is 7.85. The second-order valence-electron chi connectivity index (χ2n) is 12.5. The quantitative estimate of drug-likeness (QED) is 0.180. The Morgan fingerprint density at radius 3 is 2.44 bits per heavy atom. The van der Waals surface area contributed by atoms with E-state index >= 15 is 0 Å². The number of rotatable bonds is 6. The number of aromatic nitrogens is 4. The van der Waals surface area contributed by atoms with Crippen molar-refractivity contribution in [1.29, 1.82) is 0 Å². The Morgan fingerprint density at radius 2 is 1.78 bits per heavy atom. The van der Waals surface area contributed by atoms with Crippen LogP contribution in [0.5, 0.6) is 0 Å². The zero-order chi connectivity index (χ0) is 37.3. The maximum atomic E-state index is 14.6. The fourth-order valence-corrected chi connectivity index (χ4v) is 5.36. The lowest BCUT2D eigenvalue weighted by molar-refractivity contribution is -0.127. The van der Waals surface area contributed by atoms with Crippen molar-refractivity contribution in [2.24, 2.45) is 0 Å². The number of ether oxygens (including phenoxy) is 2. The number of amides is 2. The smallest absolute Gasteiger partial charge is 0.413 e. The Morgan fingerprint density at radius 1 is 1.12 bits per heavy atom. The van der Waals surface area contributed by atoms with Crippen LogP contribution in [-0.2, 0) is 34.4 Å². The van der Waals surface area contributed by atoms with Crippen molar-refractivity contribution in [1.82, 2.24) is 24.2 Å². The van der Waals surface area contributed by atoms with E-state index in [1.54, 1.807) is 37.2 Å². The number of Topliss-reactive ketones (excluding diaryl/α,β-unsaturated/α-hetero) is 1. The number of fused-ring (bicyclic) bond motifs is 2. The molecule has 0 saturated carbocycles. The minimum absolute atomic E-state index is 0.107. The van der Waals surface area contributed by atoms with E-state index in [1.165, 1.54) is 43.4 Å². The van der Waals surface area contributed by atoms with Gasteiger partial charge in [-0.05, 0) is 59.3 Å². The first-order valence-electron chi connectivity index (χ1n) is 14.8. The Labute approximate surface area is 284 Å². The van der Waals surface area contributed by atoms with Gasteiger partial charge in [0.1, 0.15) is 18.2 Å². The molecule has 5 rings (SSSR count). The molecular formula is C30H34F2N6O11S. The average molecular weight is 725 g/mol. The molecule has 0 bridgehead atoms. The van der Waals surface area contributed by atoms with Crippen molar-refractivity contribution in [2.45, 2.75) is 82.7 Å². The van der Waals surface area contributed by atoms with E-state index in [0.29, 0.717) is 18.5 Å². The molecule has 1 aliphatic heterocycles. The number of carbonyl (C=O) groups excluding carboxylic acids is 3. The van der Waals surface area contributed by atoms with E-state index in [2.05, 4.69) is 20.3 Å². The van der Waals surface area contributed by atoms with Crippen LogP contribution in [0.3, 0.4) is 0 Å². The normalized spacial score (nSPS) is 21.4. The van der Waals surface area contributed by atoms with Crippen LogP contribution in [-0.4, -0.2) is 91.1 Å². The molecule has 50 heavy (non-hydrogen) atoms. The third-order valence-electron chi connectivity index (χ3n) is 6.66. The first-order chi connectivity index (χ1) is 23.0. The van der Waals surface area contributed by atoms with Gasteiger partial charge < -0.3 is 24.8 Å². The van der Waals surface area contributed by atoms with Crippen LogP contribution < -0.4 is 10.0 Å². The van der Waals surface area contributed by atoms with Gasteiger partial charge >= 0.3 is 28.2 Å². The second kappa shape index (κ2) is 13.9. The Hall–Kier alpha value is -4.65. The number of nitrogens with one attached hydrogen (secondary N) is 2. The molecule has 1 saturated heterocycles. The molecule has 17 nitrogen and oxygen atoms in total. The van der Waals surface area contributed by atoms with Crippen molar-refractivity contribution in [2.75, 3.05) is 11.9 Å². The number of hydrogen-bond donors (Lipinski definition) is 5. The second-order valence-corrected chi connectivity index (χ2v) is 13.9. The summed E-state index contributed by atoms with van der Waals surface area (Å²) in [6.07, 6.45) is 1.21. The molecule has 3 heterocycles. The van der Waals surface area contributed by atoms with Crippen LogP contribution in [0.15, 0.2) is 36.9 Å². The molecule has 1 aromatic carbocycles. The highest BCUT2D eigenvalue weighted by Gasteiger charge is 2.65. The molecule has 0 radical (unpaired) electrons. The molecule has 1 fully saturated rings. The number of aliphatic hydroxyl groups is 3. The van der Waals surface area contributed by atoms with Gasteiger partial charge in [0.25, 0.3) is 0 Å². The molecule has 0 spiro atoms. The maximum Gasteiger partial charge on any atom is 0.413 e. The van der Waals surface area contributed by atoms with Crippen LogP contribution in [0.4, 0.5) is 19.4 Å². The van der Waals surface area contributed by atoms with E-state index in [4.69, 9.17) is 23.9 Å². The Bertz CT molecular complexity index is 1960. The molecule has 2 aromatic heterocycles. The van der Waals surface area contributed by atoms with Crippen molar-refractivity contribution in [3.8, 4) is 11.8 Å². The van der Waals surface area contributed by atoms with Gasteiger partial charge in [-0.2, -0.15) is 17.2 Å². The van der Waals surface area contributed by atoms with E-state index < -0.39 is 81.1 Å². The first-order valence-corrected chi connectivity index (χ1v) is 16.2. The lowest BCUT2D eigenvalue weighted by Crippen LogP contribution is -2.44. The topological polar surface area (TPSA) is 241 Å². The lowest BCUT2D eigenvalue weighted by Gasteiger charge is -2.23. The number of anilines is 1. The fourth-order valence-electron chi connectivity index (χ4n) is 4.69. The molecular weight excluding hydrogens is 690 g/mol. The third kappa shape index (κ3) is 8.92. The number of imidazole rings is 1. The standard InChI is InChI=1S/C27H26F2N6O9S.C3H8O2/c1-25(2,3)44-24(38)33-22-20-23(31-13-30-22)35(14-32-20)19-9-8-15(43-19)12-42-45(40,41)34-18(36)10-11-26(39)17-7-5-4-6-16(17)21(37)27(26,28)29;1-3(2,4)5/h4-7,13-15,19,39H,8-9,12H2,1-3H3,(H,34,36)(H,30,31,33,38);4-5H,1-2H3. The summed E-state index contributed by atoms with van der Waals surface area (Å²) in [6.45, 7) is 7.19. The summed E-state index contributed by atoms with van der Waals surface area (Å²) in [5.74, 6) is -5.79. The first kappa shape index (κ1) is 38.2. The molecule has 3 unspecified atom stereocenters. The molecule has 20 heteroatoms. The van der Waals surface area contributed by atoms with Crippen molar-refractivity contribution in [3.05, 3.63) is 48.0 Å². The minimum atomic E-state index is -4.78. The maximum absolute atomic E-state index is 14.6. The van der Waals surface area contributed by atoms with Gasteiger partial charge in [0.05, 0.1) is 19.0 Å². The molecule has 270 valence electrons. The largest absolute Gasteiger partial charge is 0.444 e. The number of ketones is 1. The Kier molecular flexibility index (Phi) is 10.6. The zero-order valence-electron chi connectivity index (χ0n) is 27.3. The van der Waals surface area contributed by atoms with Crippen LogP contribution in [0.25, 0.3) is 11.2 Å². The van der Waals surface area contributed by atoms with Crippen molar-refractivity contribution >= 4 is 45.1 Å². The molecule has 2 aliphatic rings. The number of halogens is 2. The summed E-state index contributed by atoms with van der Waals surface area (Å²) < 4.78 is 72.8. The lowest BCUT2D eigenvalue weighted by atomic mass is 9.94. The summed E-state index contributed by atoms with van der Waals surface area (Å²) in [4.78, 5) is 48.9. The summed E-state index contributed by atoms with van der Waals surface area (Å²) >= 11 is 0. The highest BCUT2D eigenvalue weighted by atomic mass is 32.2. The molecule has 3 aromatic rings. The van der Waals surface area contributed by atoms with Crippen molar-refractivity contribution in [3.63, 3.8) is 0 Å². The van der Waals surface area contributed by atoms with Gasteiger partial charge in [-0.3, -0.25) is 23.7 Å². The SMILES string of the molecule is CC(C)(C)OC(=O)Nc1ncnc2c1ncn2C1CCC(COS(=O)(=O)NC(=O)C#CC2(O)c3ccccc3C(=O)C2(F)F)O1.CC(C)(O)O. The van der Waals surface area contributed by atoms with Crippen molar-refractivity contribution < 1.29 is 60.6 Å². The van der Waals surface area contributed by atoms with Gasteiger partial charge in [-0.1, -0.05) is 24.3 Å². The van der Waals surface area contributed by atoms with E-state index in [0.717, 1.165) is 12.1 Å². The number of nitrogens with zero attached hydrogens (tertiary/aromatic N) is 4. The number of alkyl halides is 2. The van der Waals surface area contributed by atoms with Crippen LogP contribution in [0.1, 0.15) is 69.6 Å². The predicted molar refractivity (Wildman–Crippen MR) is 167 cm³/mol. The molecule has 3 atom stereocenters. The van der Waals surface area contributed by atoms with Crippen LogP contribution in [0, 0.1) is 11.8 Å². The van der Waals surface area contributed by atoms with E-state index in [1.807, 2.05) is 0 Å². The van der Waals surface area contributed by atoms with Gasteiger partial charge in [0.15, 0.2) is 22.8 Å². The summed E-state index contributed by atoms with van der Waals surface area (Å²) in [5.41, 5.74) is -4.49.